The summed E-state index contributed by atoms with van der Waals surface area (Å²) in [4.78, 5) is 12.9. The smallest absolute Gasteiger partial charge is 0.233 e. The normalized spacial score (nSPS) is 18.0. The van der Waals surface area contributed by atoms with Crippen LogP contribution in [0.1, 0.15) is 31.2 Å². The summed E-state index contributed by atoms with van der Waals surface area (Å²) in [6.07, 6.45) is 1.08. The summed E-state index contributed by atoms with van der Waals surface area (Å²) >= 11 is 0. The van der Waals surface area contributed by atoms with Gasteiger partial charge in [-0.1, -0.05) is 12.1 Å². The fourth-order valence-electron chi connectivity index (χ4n) is 3.26. The average molecular weight is 326 g/mol. The third-order valence-electron chi connectivity index (χ3n) is 4.65. The quantitative estimate of drug-likeness (QED) is 0.797. The van der Waals surface area contributed by atoms with Gasteiger partial charge in [0.15, 0.2) is 0 Å². The van der Waals surface area contributed by atoms with Crippen LogP contribution in [0.25, 0.3) is 11.0 Å². The fourth-order valence-corrected chi connectivity index (χ4v) is 3.26. The van der Waals surface area contributed by atoms with Crippen molar-refractivity contribution in [3.8, 4) is 0 Å². The van der Waals surface area contributed by atoms with E-state index in [0.717, 1.165) is 49.6 Å². The first kappa shape index (κ1) is 15.1. The SMILES string of the molecule is Cc1nnc([C@H](C)N2CCCN(c3nc4ccccc4[nH]3)CC2)o1. The average Bonchev–Trinajstić information content (AvgIpc) is 3.13. The summed E-state index contributed by atoms with van der Waals surface area (Å²) < 4.78 is 5.59. The predicted molar refractivity (Wildman–Crippen MR) is 91.9 cm³/mol. The molecule has 1 saturated heterocycles. The third kappa shape index (κ3) is 2.87. The Bertz CT molecular complexity index is 792. The van der Waals surface area contributed by atoms with Crippen LogP contribution in [0.15, 0.2) is 28.7 Å². The highest BCUT2D eigenvalue weighted by atomic mass is 16.4. The van der Waals surface area contributed by atoms with Crippen LogP contribution in [-0.2, 0) is 0 Å². The van der Waals surface area contributed by atoms with Crippen LogP contribution in [0.2, 0.25) is 0 Å². The lowest BCUT2D eigenvalue weighted by molar-refractivity contribution is 0.194. The summed E-state index contributed by atoms with van der Waals surface area (Å²) in [5, 5.41) is 8.11. The van der Waals surface area contributed by atoms with Crippen molar-refractivity contribution < 1.29 is 4.42 Å². The minimum atomic E-state index is 0.141. The maximum atomic E-state index is 5.59. The predicted octanol–water partition coefficient (Wildman–Crippen LogP) is 2.53. The molecule has 3 heterocycles. The second-order valence-corrected chi connectivity index (χ2v) is 6.29. The first-order valence-corrected chi connectivity index (χ1v) is 8.44. The zero-order valence-electron chi connectivity index (χ0n) is 14.1. The molecule has 1 aromatic carbocycles. The number of nitrogens with zero attached hydrogens (tertiary/aromatic N) is 5. The van der Waals surface area contributed by atoms with Crippen LogP contribution in [0, 0.1) is 6.92 Å². The monoisotopic (exact) mass is 326 g/mol. The van der Waals surface area contributed by atoms with Crippen molar-refractivity contribution in [1.82, 2.24) is 25.1 Å². The molecule has 1 aliphatic rings. The second kappa shape index (κ2) is 6.24. The standard InChI is InChI=1S/C17H22N6O/c1-12(16-21-20-13(2)24-16)22-8-5-9-23(11-10-22)17-18-14-6-3-4-7-15(14)19-17/h3-4,6-7,12H,5,8-11H2,1-2H3,(H,18,19)/t12-/m0/s1. The molecule has 0 unspecified atom stereocenters. The number of benzene rings is 1. The maximum absolute atomic E-state index is 5.59. The number of hydrogen-bond acceptors (Lipinski definition) is 6. The molecule has 126 valence electrons. The van der Waals surface area contributed by atoms with Crippen LogP contribution in [0.5, 0.6) is 0 Å². The molecule has 0 radical (unpaired) electrons. The van der Waals surface area contributed by atoms with E-state index in [1.807, 2.05) is 25.1 Å². The Balaban J connectivity index is 1.47. The van der Waals surface area contributed by atoms with Gasteiger partial charge in [0.2, 0.25) is 17.7 Å². The third-order valence-corrected chi connectivity index (χ3v) is 4.65. The number of anilines is 1. The lowest BCUT2D eigenvalue weighted by Crippen LogP contribution is -2.33. The summed E-state index contributed by atoms with van der Waals surface area (Å²) in [5.74, 6) is 2.28. The van der Waals surface area contributed by atoms with Gasteiger partial charge in [0.1, 0.15) is 0 Å². The van der Waals surface area contributed by atoms with E-state index in [0.29, 0.717) is 11.8 Å². The van der Waals surface area contributed by atoms with E-state index in [4.69, 9.17) is 9.40 Å². The highest BCUT2D eigenvalue weighted by Crippen LogP contribution is 2.23. The van der Waals surface area contributed by atoms with E-state index in [1.54, 1.807) is 0 Å². The van der Waals surface area contributed by atoms with Crippen molar-refractivity contribution in [3.05, 3.63) is 36.0 Å². The Morgan fingerprint density at radius 3 is 2.79 bits per heavy atom. The number of fused-ring (bicyclic) bond motifs is 1. The molecule has 3 aromatic rings. The maximum Gasteiger partial charge on any atom is 0.233 e. The van der Waals surface area contributed by atoms with E-state index in [9.17, 15) is 0 Å². The van der Waals surface area contributed by atoms with Gasteiger partial charge in [0.05, 0.1) is 17.1 Å². The molecule has 1 fully saturated rings. The lowest BCUT2D eigenvalue weighted by Gasteiger charge is -2.25. The van der Waals surface area contributed by atoms with Gasteiger partial charge >= 0.3 is 0 Å². The Hall–Kier alpha value is -2.41. The zero-order chi connectivity index (χ0) is 16.5. The van der Waals surface area contributed by atoms with E-state index >= 15 is 0 Å². The van der Waals surface area contributed by atoms with E-state index < -0.39 is 0 Å². The Morgan fingerprint density at radius 2 is 2.00 bits per heavy atom. The molecule has 2 aromatic heterocycles. The molecule has 1 aliphatic heterocycles. The summed E-state index contributed by atoms with van der Waals surface area (Å²) in [7, 11) is 0. The van der Waals surface area contributed by atoms with Gasteiger partial charge in [0, 0.05) is 33.1 Å². The molecule has 0 aliphatic carbocycles. The number of H-pyrrole nitrogens is 1. The van der Waals surface area contributed by atoms with Crippen LogP contribution in [-0.4, -0.2) is 51.2 Å². The Morgan fingerprint density at radius 1 is 1.12 bits per heavy atom. The number of imidazole rings is 1. The summed E-state index contributed by atoms with van der Waals surface area (Å²) in [6, 6.07) is 8.30. The van der Waals surface area contributed by atoms with Gasteiger partial charge in [0.25, 0.3) is 0 Å². The summed E-state index contributed by atoms with van der Waals surface area (Å²) in [5.41, 5.74) is 2.10. The highest BCUT2D eigenvalue weighted by Gasteiger charge is 2.24. The highest BCUT2D eigenvalue weighted by molar-refractivity contribution is 5.77. The van der Waals surface area contributed by atoms with Crippen LogP contribution in [0.3, 0.4) is 0 Å². The van der Waals surface area contributed by atoms with E-state index in [2.05, 4.69) is 38.0 Å². The van der Waals surface area contributed by atoms with Crippen molar-refractivity contribution in [2.75, 3.05) is 31.1 Å². The molecule has 7 nitrogen and oxygen atoms in total. The molecule has 0 amide bonds. The first-order valence-electron chi connectivity index (χ1n) is 8.44. The molecule has 24 heavy (non-hydrogen) atoms. The van der Waals surface area contributed by atoms with Gasteiger partial charge in [-0.2, -0.15) is 0 Å². The number of aromatic nitrogens is 4. The second-order valence-electron chi connectivity index (χ2n) is 6.29. The van der Waals surface area contributed by atoms with Gasteiger partial charge in [-0.25, -0.2) is 4.98 Å². The van der Waals surface area contributed by atoms with E-state index in [-0.39, 0.29) is 6.04 Å². The number of hydrogen-bond donors (Lipinski definition) is 1. The molecule has 1 N–H and O–H groups in total. The van der Waals surface area contributed by atoms with Crippen molar-refractivity contribution >= 4 is 17.0 Å². The number of para-hydroxylation sites is 2. The van der Waals surface area contributed by atoms with Gasteiger partial charge in [-0.3, -0.25) is 4.90 Å². The van der Waals surface area contributed by atoms with Crippen molar-refractivity contribution in [2.45, 2.75) is 26.3 Å². The topological polar surface area (TPSA) is 74.1 Å². The number of aromatic amines is 1. The first-order chi connectivity index (χ1) is 11.7. The number of nitrogens with one attached hydrogen (secondary N) is 1. The molecule has 0 bridgehead atoms. The van der Waals surface area contributed by atoms with Crippen LogP contribution < -0.4 is 4.90 Å². The van der Waals surface area contributed by atoms with Crippen LogP contribution >= 0.6 is 0 Å². The van der Waals surface area contributed by atoms with Crippen molar-refractivity contribution in [2.24, 2.45) is 0 Å². The lowest BCUT2D eigenvalue weighted by atomic mass is 10.2. The molecule has 0 saturated carbocycles. The molecule has 4 rings (SSSR count). The van der Waals surface area contributed by atoms with Gasteiger partial charge in [-0.15, -0.1) is 10.2 Å². The van der Waals surface area contributed by atoms with E-state index in [1.165, 1.54) is 0 Å². The molecular weight excluding hydrogens is 304 g/mol. The fraction of sp³-hybridized carbons (Fsp3) is 0.471. The van der Waals surface area contributed by atoms with Gasteiger partial charge < -0.3 is 14.3 Å². The Labute approximate surface area is 140 Å². The molecular formula is C17H22N6O. The Kier molecular flexibility index (Phi) is 3.93. The molecule has 0 spiro atoms. The minimum Gasteiger partial charge on any atom is -0.424 e. The molecule has 1 atom stereocenters. The largest absolute Gasteiger partial charge is 0.424 e. The van der Waals surface area contributed by atoms with Crippen LogP contribution in [0.4, 0.5) is 5.95 Å². The molecule has 7 heteroatoms. The zero-order valence-corrected chi connectivity index (χ0v) is 14.1. The van der Waals surface area contributed by atoms with Gasteiger partial charge in [-0.05, 0) is 25.5 Å². The van der Waals surface area contributed by atoms with Crippen molar-refractivity contribution in [1.29, 1.82) is 0 Å². The summed E-state index contributed by atoms with van der Waals surface area (Å²) in [6.45, 7) is 7.83. The van der Waals surface area contributed by atoms with Crippen molar-refractivity contribution in [3.63, 3.8) is 0 Å². The number of rotatable bonds is 3. The minimum absolute atomic E-state index is 0.141. The number of aryl methyl sites for hydroxylation is 1.